The summed E-state index contributed by atoms with van der Waals surface area (Å²) >= 11 is 0. The van der Waals surface area contributed by atoms with Crippen LogP contribution in [-0.2, 0) is 0 Å². The SMILES string of the molecule is O=[N+]([O-])c1c(F)cc(F)cc1NCC1CCCC1. The molecular weight excluding hydrogens is 242 g/mol. The number of rotatable bonds is 4. The molecule has 1 aliphatic carbocycles. The van der Waals surface area contributed by atoms with Crippen molar-refractivity contribution in [2.75, 3.05) is 11.9 Å². The number of nitrogens with zero attached hydrogens (tertiary/aromatic N) is 1. The molecule has 0 bridgehead atoms. The van der Waals surface area contributed by atoms with Crippen LogP contribution in [0.1, 0.15) is 25.7 Å². The number of halogens is 2. The number of hydrogen-bond donors (Lipinski definition) is 1. The Kier molecular flexibility index (Phi) is 3.74. The maximum Gasteiger partial charge on any atom is 0.327 e. The molecule has 18 heavy (non-hydrogen) atoms. The highest BCUT2D eigenvalue weighted by Gasteiger charge is 2.23. The molecule has 0 aliphatic heterocycles. The van der Waals surface area contributed by atoms with E-state index < -0.39 is 22.2 Å². The zero-order valence-corrected chi connectivity index (χ0v) is 9.79. The van der Waals surface area contributed by atoms with Crippen LogP contribution in [0.15, 0.2) is 12.1 Å². The van der Waals surface area contributed by atoms with Gasteiger partial charge in [-0.15, -0.1) is 0 Å². The van der Waals surface area contributed by atoms with E-state index in [1.165, 1.54) is 0 Å². The second kappa shape index (κ2) is 5.29. The van der Waals surface area contributed by atoms with Gasteiger partial charge in [0.2, 0.25) is 5.82 Å². The van der Waals surface area contributed by atoms with E-state index in [1.807, 2.05) is 0 Å². The fourth-order valence-corrected chi connectivity index (χ4v) is 2.36. The minimum atomic E-state index is -1.14. The number of nitro benzene ring substituents is 1. The zero-order valence-electron chi connectivity index (χ0n) is 9.79. The molecule has 0 saturated heterocycles. The molecule has 1 N–H and O–H groups in total. The van der Waals surface area contributed by atoms with Crippen molar-refractivity contribution < 1.29 is 13.7 Å². The fourth-order valence-electron chi connectivity index (χ4n) is 2.36. The Morgan fingerprint density at radius 3 is 2.61 bits per heavy atom. The van der Waals surface area contributed by atoms with E-state index >= 15 is 0 Å². The second-order valence-corrected chi connectivity index (χ2v) is 4.57. The zero-order chi connectivity index (χ0) is 13.1. The maximum atomic E-state index is 13.3. The summed E-state index contributed by atoms with van der Waals surface area (Å²) in [5.41, 5.74) is -0.765. The Balaban J connectivity index is 2.16. The summed E-state index contributed by atoms with van der Waals surface area (Å²) in [7, 11) is 0. The number of anilines is 1. The van der Waals surface area contributed by atoms with E-state index in [0.717, 1.165) is 31.7 Å². The standard InChI is InChI=1S/C12H14F2N2O2/c13-9-5-10(14)12(16(17)18)11(6-9)15-7-8-3-1-2-4-8/h5-6,8,15H,1-4,7H2. The van der Waals surface area contributed by atoms with Crippen molar-refractivity contribution >= 4 is 11.4 Å². The van der Waals surface area contributed by atoms with E-state index in [2.05, 4.69) is 5.32 Å². The highest BCUT2D eigenvalue weighted by Crippen LogP contribution is 2.30. The topological polar surface area (TPSA) is 55.2 Å². The Hall–Kier alpha value is -1.72. The van der Waals surface area contributed by atoms with Gasteiger partial charge in [0.05, 0.1) is 4.92 Å². The average molecular weight is 256 g/mol. The molecule has 0 heterocycles. The van der Waals surface area contributed by atoms with Crippen molar-refractivity contribution in [1.29, 1.82) is 0 Å². The largest absolute Gasteiger partial charge is 0.379 e. The Bertz CT molecular complexity index is 460. The molecule has 0 atom stereocenters. The highest BCUT2D eigenvalue weighted by molar-refractivity contribution is 5.62. The number of benzene rings is 1. The molecule has 98 valence electrons. The van der Waals surface area contributed by atoms with Crippen LogP contribution >= 0.6 is 0 Å². The third-order valence-electron chi connectivity index (χ3n) is 3.27. The number of nitrogens with one attached hydrogen (secondary N) is 1. The molecule has 4 nitrogen and oxygen atoms in total. The van der Waals surface area contributed by atoms with E-state index in [4.69, 9.17) is 0 Å². The molecule has 0 aromatic heterocycles. The van der Waals surface area contributed by atoms with E-state index in [9.17, 15) is 18.9 Å². The van der Waals surface area contributed by atoms with Gasteiger partial charge in [-0.3, -0.25) is 10.1 Å². The molecule has 1 fully saturated rings. The van der Waals surface area contributed by atoms with Crippen LogP contribution in [0.2, 0.25) is 0 Å². The number of hydrogen-bond acceptors (Lipinski definition) is 3. The molecule has 1 aromatic carbocycles. The van der Waals surface area contributed by atoms with Crippen molar-refractivity contribution in [1.82, 2.24) is 0 Å². The first-order chi connectivity index (χ1) is 8.58. The van der Waals surface area contributed by atoms with Crippen molar-refractivity contribution in [3.8, 4) is 0 Å². The number of nitro groups is 1. The molecule has 0 spiro atoms. The third kappa shape index (κ3) is 2.75. The first-order valence-electron chi connectivity index (χ1n) is 5.95. The van der Waals surface area contributed by atoms with Crippen LogP contribution in [0.4, 0.5) is 20.2 Å². The average Bonchev–Trinajstić information content (AvgIpc) is 2.77. The quantitative estimate of drug-likeness (QED) is 0.662. The van der Waals surface area contributed by atoms with Gasteiger partial charge in [-0.25, -0.2) is 4.39 Å². The predicted molar refractivity (Wildman–Crippen MR) is 63.5 cm³/mol. The first kappa shape index (κ1) is 12.7. The lowest BCUT2D eigenvalue weighted by molar-refractivity contribution is -0.386. The summed E-state index contributed by atoms with van der Waals surface area (Å²) in [5.74, 6) is -1.53. The van der Waals surface area contributed by atoms with Crippen LogP contribution in [0, 0.1) is 27.7 Å². The smallest absolute Gasteiger partial charge is 0.327 e. The van der Waals surface area contributed by atoms with Gasteiger partial charge in [0, 0.05) is 18.7 Å². The van der Waals surface area contributed by atoms with Gasteiger partial charge >= 0.3 is 5.69 Å². The van der Waals surface area contributed by atoms with Crippen LogP contribution < -0.4 is 5.32 Å². The molecule has 6 heteroatoms. The van der Waals surface area contributed by atoms with E-state index in [0.29, 0.717) is 18.5 Å². The van der Waals surface area contributed by atoms with Gasteiger partial charge in [-0.05, 0) is 18.8 Å². The predicted octanol–water partition coefficient (Wildman–Crippen LogP) is 3.48. The highest BCUT2D eigenvalue weighted by atomic mass is 19.1. The summed E-state index contributed by atoms with van der Waals surface area (Å²) in [6.45, 7) is 0.518. The van der Waals surface area contributed by atoms with E-state index in [1.54, 1.807) is 0 Å². The summed E-state index contributed by atoms with van der Waals surface area (Å²) in [5, 5.41) is 13.5. The normalized spacial score (nSPS) is 15.9. The van der Waals surface area contributed by atoms with Crippen LogP contribution in [-0.4, -0.2) is 11.5 Å². The Morgan fingerprint density at radius 2 is 2.00 bits per heavy atom. The van der Waals surface area contributed by atoms with Crippen LogP contribution in [0.5, 0.6) is 0 Å². The molecule has 2 rings (SSSR count). The summed E-state index contributed by atoms with van der Waals surface area (Å²) < 4.78 is 26.4. The molecule has 1 saturated carbocycles. The molecule has 0 radical (unpaired) electrons. The van der Waals surface area contributed by atoms with Gasteiger partial charge in [0.25, 0.3) is 0 Å². The van der Waals surface area contributed by atoms with Crippen molar-refractivity contribution in [2.24, 2.45) is 5.92 Å². The minimum absolute atomic E-state index is 0.0793. The van der Waals surface area contributed by atoms with Crippen molar-refractivity contribution in [2.45, 2.75) is 25.7 Å². The van der Waals surface area contributed by atoms with Gasteiger partial charge in [0.15, 0.2) is 0 Å². The molecule has 0 unspecified atom stereocenters. The van der Waals surface area contributed by atoms with Crippen LogP contribution in [0.3, 0.4) is 0 Å². The molecule has 1 aliphatic rings. The van der Waals surface area contributed by atoms with Gasteiger partial charge in [-0.2, -0.15) is 4.39 Å². The van der Waals surface area contributed by atoms with Crippen molar-refractivity contribution in [3.05, 3.63) is 33.9 Å². The first-order valence-corrected chi connectivity index (χ1v) is 5.95. The Labute approximate surface area is 103 Å². The fraction of sp³-hybridized carbons (Fsp3) is 0.500. The lowest BCUT2D eigenvalue weighted by atomic mass is 10.1. The lowest BCUT2D eigenvalue weighted by Gasteiger charge is -2.12. The lowest BCUT2D eigenvalue weighted by Crippen LogP contribution is -2.13. The van der Waals surface area contributed by atoms with E-state index in [-0.39, 0.29) is 5.69 Å². The molecule has 1 aromatic rings. The Morgan fingerprint density at radius 1 is 1.33 bits per heavy atom. The summed E-state index contributed by atoms with van der Waals surface area (Å²) in [6, 6.07) is 1.50. The second-order valence-electron chi connectivity index (χ2n) is 4.57. The summed E-state index contributed by atoms with van der Waals surface area (Å²) in [4.78, 5) is 9.93. The van der Waals surface area contributed by atoms with Gasteiger partial charge in [-0.1, -0.05) is 12.8 Å². The van der Waals surface area contributed by atoms with Gasteiger partial charge < -0.3 is 5.32 Å². The maximum absolute atomic E-state index is 13.3. The minimum Gasteiger partial charge on any atom is -0.379 e. The summed E-state index contributed by atoms with van der Waals surface area (Å²) in [6.07, 6.45) is 4.40. The molecular formula is C12H14F2N2O2. The molecule has 0 amide bonds. The van der Waals surface area contributed by atoms with Crippen molar-refractivity contribution in [3.63, 3.8) is 0 Å². The monoisotopic (exact) mass is 256 g/mol. The van der Waals surface area contributed by atoms with Gasteiger partial charge in [0.1, 0.15) is 11.5 Å². The third-order valence-corrected chi connectivity index (χ3v) is 3.27. The van der Waals surface area contributed by atoms with Crippen LogP contribution in [0.25, 0.3) is 0 Å².